The van der Waals surface area contributed by atoms with Crippen LogP contribution >= 0.6 is 0 Å². The molecule has 1 aromatic heterocycles. The van der Waals surface area contributed by atoms with Crippen LogP contribution in [-0.2, 0) is 4.74 Å². The number of nitrogens with zero attached hydrogens (tertiary/aromatic N) is 3. The molecule has 11 rings (SSSR count). The van der Waals surface area contributed by atoms with Gasteiger partial charge in [0.05, 0.1) is 5.92 Å². The van der Waals surface area contributed by atoms with Crippen LogP contribution in [0, 0.1) is 5.92 Å². The molecular formula is C53H37N3O. The Morgan fingerprint density at radius 3 is 1.70 bits per heavy atom. The maximum absolute atomic E-state index is 6.77. The highest BCUT2D eigenvalue weighted by atomic mass is 16.5. The second-order valence-corrected chi connectivity index (χ2v) is 15.1. The maximum Gasteiger partial charge on any atom is 0.164 e. The van der Waals surface area contributed by atoms with E-state index in [2.05, 4.69) is 188 Å². The molecule has 57 heavy (non-hydrogen) atoms. The SMILES string of the molecule is C1=CC2=C(CC1)OC1C=C(c3ccc(-c4ccccc4)cc3)C=C(c3nc(-c4ccc(-c5ccc6ccccc6c5)cc4)nc(-c4ccc5ccccc5c4)n3)C21. The van der Waals surface area contributed by atoms with Crippen LogP contribution in [0.25, 0.3) is 77.7 Å². The van der Waals surface area contributed by atoms with Crippen LogP contribution in [-0.4, -0.2) is 21.1 Å². The van der Waals surface area contributed by atoms with Crippen LogP contribution in [0.3, 0.4) is 0 Å². The lowest BCUT2D eigenvalue weighted by Gasteiger charge is -2.26. The lowest BCUT2D eigenvalue weighted by Crippen LogP contribution is -2.23. The fourth-order valence-corrected chi connectivity index (χ4v) is 8.57. The van der Waals surface area contributed by atoms with E-state index in [4.69, 9.17) is 19.7 Å². The fourth-order valence-electron chi connectivity index (χ4n) is 8.57. The number of fused-ring (bicyclic) bond motifs is 4. The standard InChI is InChI=1S/C53H37N3O/c1-2-10-34(11-3-1)37-18-20-39(21-19-37)45-32-47(50-46-16-8-9-17-48(46)57-49(50)33-45)53-55-51(54-52(56-53)44-29-25-36-13-5-7-15-42(36)31-44)40-26-22-38(23-27-40)43-28-24-35-12-4-6-14-41(35)30-43/h1-8,10-16,18-33,49-50H,9,17H2. The molecule has 1 aliphatic heterocycles. The van der Waals surface area contributed by atoms with Gasteiger partial charge in [0.25, 0.3) is 0 Å². The third kappa shape index (κ3) is 6.16. The van der Waals surface area contributed by atoms with E-state index in [0.717, 1.165) is 57.4 Å². The van der Waals surface area contributed by atoms with E-state index in [1.807, 2.05) is 0 Å². The third-order valence-electron chi connectivity index (χ3n) is 11.5. The Morgan fingerprint density at radius 2 is 0.982 bits per heavy atom. The normalized spacial score (nSPS) is 17.2. The number of rotatable bonds is 6. The highest BCUT2D eigenvalue weighted by Crippen LogP contribution is 2.48. The summed E-state index contributed by atoms with van der Waals surface area (Å²) in [6.07, 6.45) is 10.8. The predicted molar refractivity (Wildman–Crippen MR) is 233 cm³/mol. The molecular weight excluding hydrogens is 695 g/mol. The van der Waals surface area contributed by atoms with Crippen LogP contribution in [0.2, 0.25) is 0 Å². The van der Waals surface area contributed by atoms with Crippen LogP contribution in [0.1, 0.15) is 24.2 Å². The average molecular weight is 732 g/mol. The summed E-state index contributed by atoms with van der Waals surface area (Å²) in [6, 6.07) is 57.9. The zero-order chi connectivity index (χ0) is 37.7. The summed E-state index contributed by atoms with van der Waals surface area (Å²) in [7, 11) is 0. The van der Waals surface area contributed by atoms with Gasteiger partial charge in [-0.15, -0.1) is 0 Å². The van der Waals surface area contributed by atoms with Crippen molar-refractivity contribution in [3.63, 3.8) is 0 Å². The molecule has 0 radical (unpaired) electrons. The Bertz CT molecular complexity index is 2970. The highest BCUT2D eigenvalue weighted by molar-refractivity contribution is 5.91. The van der Waals surface area contributed by atoms with Gasteiger partial charge < -0.3 is 4.74 Å². The molecule has 0 saturated heterocycles. The van der Waals surface area contributed by atoms with Crippen molar-refractivity contribution in [2.24, 2.45) is 5.92 Å². The second-order valence-electron chi connectivity index (χ2n) is 15.1. The van der Waals surface area contributed by atoms with Crippen molar-refractivity contribution in [3.05, 3.63) is 211 Å². The van der Waals surface area contributed by atoms with Gasteiger partial charge in [0.15, 0.2) is 17.5 Å². The van der Waals surface area contributed by atoms with Crippen molar-refractivity contribution in [1.82, 2.24) is 15.0 Å². The van der Waals surface area contributed by atoms with Crippen LogP contribution in [0.4, 0.5) is 0 Å². The molecule has 2 aliphatic carbocycles. The Hall–Kier alpha value is -7.17. The molecule has 0 N–H and O–H groups in total. The van der Waals surface area contributed by atoms with Gasteiger partial charge in [-0.25, -0.2) is 15.0 Å². The first-order valence-electron chi connectivity index (χ1n) is 19.7. The smallest absolute Gasteiger partial charge is 0.164 e. The molecule has 2 heterocycles. The van der Waals surface area contributed by atoms with Crippen LogP contribution in [0.5, 0.6) is 0 Å². The summed E-state index contributed by atoms with van der Waals surface area (Å²) in [5, 5.41) is 4.78. The number of benzene rings is 7. The molecule has 2 atom stereocenters. The average Bonchev–Trinajstić information content (AvgIpc) is 3.67. The van der Waals surface area contributed by atoms with E-state index in [-0.39, 0.29) is 12.0 Å². The highest BCUT2D eigenvalue weighted by Gasteiger charge is 2.41. The predicted octanol–water partition coefficient (Wildman–Crippen LogP) is 12.9. The second kappa shape index (κ2) is 13.8. The zero-order valence-corrected chi connectivity index (χ0v) is 31.2. The van der Waals surface area contributed by atoms with Crippen LogP contribution < -0.4 is 0 Å². The summed E-state index contributed by atoms with van der Waals surface area (Å²) in [5.74, 6) is 3.00. The van der Waals surface area contributed by atoms with Crippen molar-refractivity contribution < 1.29 is 4.74 Å². The molecule has 270 valence electrons. The quantitative estimate of drug-likeness (QED) is 0.171. The summed E-state index contributed by atoms with van der Waals surface area (Å²) in [5.41, 5.74) is 11.1. The largest absolute Gasteiger partial charge is 0.489 e. The van der Waals surface area contributed by atoms with Crippen molar-refractivity contribution in [2.45, 2.75) is 18.9 Å². The Morgan fingerprint density at radius 1 is 0.456 bits per heavy atom. The van der Waals surface area contributed by atoms with Gasteiger partial charge in [0.1, 0.15) is 11.9 Å². The monoisotopic (exact) mass is 731 g/mol. The Balaban J connectivity index is 1.05. The topological polar surface area (TPSA) is 47.9 Å². The first-order chi connectivity index (χ1) is 28.2. The molecule has 4 nitrogen and oxygen atoms in total. The number of ether oxygens (including phenoxy) is 1. The van der Waals surface area contributed by atoms with E-state index in [9.17, 15) is 0 Å². The van der Waals surface area contributed by atoms with Gasteiger partial charge in [-0.2, -0.15) is 0 Å². The molecule has 3 aliphatic rings. The Kier molecular flexibility index (Phi) is 8.06. The summed E-state index contributed by atoms with van der Waals surface area (Å²) >= 11 is 0. The van der Waals surface area contributed by atoms with Gasteiger partial charge in [-0.3, -0.25) is 0 Å². The van der Waals surface area contributed by atoms with Gasteiger partial charge in [0, 0.05) is 28.7 Å². The molecule has 0 amide bonds. The molecule has 0 saturated carbocycles. The van der Waals surface area contributed by atoms with Crippen LogP contribution in [0.15, 0.2) is 199 Å². The fraction of sp³-hybridized carbons (Fsp3) is 0.0755. The van der Waals surface area contributed by atoms with E-state index >= 15 is 0 Å². The molecule has 2 unspecified atom stereocenters. The number of hydrogen-bond donors (Lipinski definition) is 0. The van der Waals surface area contributed by atoms with E-state index in [1.54, 1.807) is 0 Å². The van der Waals surface area contributed by atoms with Crippen molar-refractivity contribution in [2.75, 3.05) is 0 Å². The van der Waals surface area contributed by atoms with Crippen molar-refractivity contribution in [1.29, 1.82) is 0 Å². The molecule has 8 aromatic rings. The lowest BCUT2D eigenvalue weighted by molar-refractivity contribution is 0.160. The number of hydrogen-bond acceptors (Lipinski definition) is 4. The molecule has 0 spiro atoms. The third-order valence-corrected chi connectivity index (χ3v) is 11.5. The maximum atomic E-state index is 6.77. The first kappa shape index (κ1) is 33.2. The van der Waals surface area contributed by atoms with E-state index in [0.29, 0.717) is 17.5 Å². The van der Waals surface area contributed by atoms with Gasteiger partial charge >= 0.3 is 0 Å². The van der Waals surface area contributed by atoms with E-state index < -0.39 is 0 Å². The molecule has 0 bridgehead atoms. The Labute approximate surface area is 331 Å². The van der Waals surface area contributed by atoms with Crippen molar-refractivity contribution in [3.8, 4) is 45.0 Å². The molecule has 0 fully saturated rings. The first-order valence-corrected chi connectivity index (χ1v) is 19.7. The number of aromatic nitrogens is 3. The molecule has 7 aromatic carbocycles. The van der Waals surface area contributed by atoms with Crippen molar-refractivity contribution >= 4 is 32.7 Å². The minimum atomic E-state index is -0.160. The van der Waals surface area contributed by atoms with E-state index in [1.165, 1.54) is 38.4 Å². The minimum absolute atomic E-state index is 0.0288. The minimum Gasteiger partial charge on any atom is -0.489 e. The zero-order valence-electron chi connectivity index (χ0n) is 31.2. The van der Waals surface area contributed by atoms with Gasteiger partial charge in [0.2, 0.25) is 0 Å². The van der Waals surface area contributed by atoms with Gasteiger partial charge in [-0.05, 0) is 85.6 Å². The van der Waals surface area contributed by atoms with Gasteiger partial charge in [-0.1, -0.05) is 164 Å². The summed E-state index contributed by atoms with van der Waals surface area (Å²) < 4.78 is 6.77. The number of allylic oxidation sites excluding steroid dienone is 5. The summed E-state index contributed by atoms with van der Waals surface area (Å²) in [4.78, 5) is 15.8. The molecule has 4 heteroatoms. The summed E-state index contributed by atoms with van der Waals surface area (Å²) in [6.45, 7) is 0. The lowest BCUT2D eigenvalue weighted by atomic mass is 9.79.